The molecule has 0 aliphatic heterocycles. The van der Waals surface area contributed by atoms with Gasteiger partial charge in [-0.1, -0.05) is 23.2 Å². The van der Waals surface area contributed by atoms with Gasteiger partial charge in [0.25, 0.3) is 0 Å². The predicted molar refractivity (Wildman–Crippen MR) is 63.1 cm³/mol. The summed E-state index contributed by atoms with van der Waals surface area (Å²) in [6.07, 6.45) is 0. The maximum atomic E-state index is 5.80. The molecule has 0 saturated carbocycles. The average molecular weight is 257 g/mol. The maximum absolute atomic E-state index is 5.80. The normalized spacial score (nSPS) is 9.36. The van der Waals surface area contributed by atoms with E-state index < -0.39 is 0 Å². The Morgan fingerprint density at radius 3 is 2.57 bits per heavy atom. The van der Waals surface area contributed by atoms with Crippen LogP contribution in [0.15, 0.2) is 18.2 Å². The fraction of sp³-hybridized carbons (Fsp3) is 0.333. The molecule has 0 spiro atoms. The van der Waals surface area contributed by atoms with Crippen LogP contribution in [0.4, 0.5) is 0 Å². The molecule has 0 saturated heterocycles. The van der Waals surface area contributed by atoms with Gasteiger partial charge >= 0.3 is 0 Å². The van der Waals surface area contributed by atoms with Gasteiger partial charge in [-0.2, -0.15) is 0 Å². The van der Waals surface area contributed by atoms with Crippen molar-refractivity contribution in [1.29, 1.82) is 0 Å². The zero-order valence-electron chi connectivity index (χ0n) is 7.72. The number of benzene rings is 1. The molecule has 0 aliphatic rings. The van der Waals surface area contributed by atoms with Crippen LogP contribution in [0.2, 0.25) is 10.0 Å². The molecule has 0 amide bonds. The molecular weight excluding hydrogens is 244 g/mol. The average Bonchev–Trinajstić information content (AvgIpc) is 2.12. The second-order valence-electron chi connectivity index (χ2n) is 2.53. The minimum absolute atomic E-state index is 0. The molecule has 0 aromatic heterocycles. The van der Waals surface area contributed by atoms with E-state index in [4.69, 9.17) is 27.9 Å². The van der Waals surface area contributed by atoms with E-state index in [2.05, 4.69) is 5.32 Å². The van der Waals surface area contributed by atoms with Crippen molar-refractivity contribution in [2.45, 2.75) is 0 Å². The molecule has 0 aliphatic carbocycles. The van der Waals surface area contributed by atoms with Gasteiger partial charge in [0.05, 0.1) is 10.0 Å². The second-order valence-corrected chi connectivity index (χ2v) is 3.34. The Bertz CT molecular complexity index is 281. The van der Waals surface area contributed by atoms with Crippen molar-refractivity contribution < 1.29 is 4.74 Å². The zero-order valence-corrected chi connectivity index (χ0v) is 10.0. The first-order valence-electron chi connectivity index (χ1n) is 3.96. The summed E-state index contributed by atoms with van der Waals surface area (Å²) in [6, 6.07) is 5.22. The van der Waals surface area contributed by atoms with Gasteiger partial charge in [-0.25, -0.2) is 0 Å². The molecule has 2 nitrogen and oxygen atoms in total. The van der Waals surface area contributed by atoms with Crippen LogP contribution in [0.25, 0.3) is 0 Å². The molecule has 0 fully saturated rings. The Labute approximate surface area is 99.9 Å². The van der Waals surface area contributed by atoms with Crippen LogP contribution >= 0.6 is 35.6 Å². The van der Waals surface area contributed by atoms with E-state index in [0.29, 0.717) is 16.7 Å². The summed E-state index contributed by atoms with van der Waals surface area (Å²) in [5.74, 6) is 0.740. The number of ether oxygens (including phenoxy) is 1. The van der Waals surface area contributed by atoms with Crippen LogP contribution in [0.1, 0.15) is 0 Å². The van der Waals surface area contributed by atoms with Crippen LogP contribution < -0.4 is 10.1 Å². The Hall–Kier alpha value is -0.150. The van der Waals surface area contributed by atoms with Gasteiger partial charge < -0.3 is 10.1 Å². The molecule has 0 bridgehead atoms. The van der Waals surface area contributed by atoms with E-state index in [-0.39, 0.29) is 12.4 Å². The van der Waals surface area contributed by atoms with Crippen molar-refractivity contribution in [3.63, 3.8) is 0 Å². The van der Waals surface area contributed by atoms with Crippen LogP contribution in [0.3, 0.4) is 0 Å². The predicted octanol–water partition coefficient (Wildman–Crippen LogP) is 3.01. The Morgan fingerprint density at radius 2 is 2.00 bits per heavy atom. The summed E-state index contributed by atoms with van der Waals surface area (Å²) >= 11 is 11.5. The first-order chi connectivity index (χ1) is 6.24. The third-order valence-corrected chi connectivity index (χ3v) is 2.25. The van der Waals surface area contributed by atoms with E-state index in [0.717, 1.165) is 12.3 Å². The number of hydrogen-bond acceptors (Lipinski definition) is 2. The van der Waals surface area contributed by atoms with E-state index in [9.17, 15) is 0 Å². The maximum Gasteiger partial charge on any atom is 0.120 e. The lowest BCUT2D eigenvalue weighted by Gasteiger charge is -2.06. The molecule has 0 atom stereocenters. The summed E-state index contributed by atoms with van der Waals surface area (Å²) < 4.78 is 5.38. The standard InChI is InChI=1S/C9H11Cl2NO.ClH/c1-12-4-5-13-7-2-3-8(10)9(11)6-7;/h2-3,6,12H,4-5H2,1H3;1H. The first-order valence-corrected chi connectivity index (χ1v) is 4.72. The fourth-order valence-corrected chi connectivity index (χ4v) is 1.13. The molecule has 0 heterocycles. The summed E-state index contributed by atoms with van der Waals surface area (Å²) in [6.45, 7) is 1.43. The van der Waals surface area contributed by atoms with Crippen LogP contribution in [-0.4, -0.2) is 20.2 Å². The van der Waals surface area contributed by atoms with E-state index >= 15 is 0 Å². The largest absolute Gasteiger partial charge is 0.492 e. The minimum Gasteiger partial charge on any atom is -0.492 e. The van der Waals surface area contributed by atoms with Crippen LogP contribution in [0.5, 0.6) is 5.75 Å². The molecular formula is C9H12Cl3NO. The van der Waals surface area contributed by atoms with Crippen LogP contribution in [0, 0.1) is 0 Å². The van der Waals surface area contributed by atoms with Crippen molar-refractivity contribution >= 4 is 35.6 Å². The Morgan fingerprint density at radius 1 is 1.29 bits per heavy atom. The molecule has 1 N–H and O–H groups in total. The van der Waals surface area contributed by atoms with E-state index in [1.54, 1.807) is 18.2 Å². The van der Waals surface area contributed by atoms with Gasteiger partial charge in [-0.3, -0.25) is 0 Å². The van der Waals surface area contributed by atoms with Crippen molar-refractivity contribution in [2.75, 3.05) is 20.2 Å². The quantitative estimate of drug-likeness (QED) is 0.836. The van der Waals surface area contributed by atoms with Crippen molar-refractivity contribution in [2.24, 2.45) is 0 Å². The highest BCUT2D eigenvalue weighted by Gasteiger charge is 1.99. The van der Waals surface area contributed by atoms with E-state index in [1.807, 2.05) is 7.05 Å². The number of likely N-dealkylation sites (N-methyl/N-ethyl adjacent to an activating group) is 1. The Kier molecular flexibility index (Phi) is 7.11. The van der Waals surface area contributed by atoms with Crippen molar-refractivity contribution in [3.8, 4) is 5.75 Å². The molecule has 5 heteroatoms. The number of halogens is 3. The molecule has 14 heavy (non-hydrogen) atoms. The van der Waals surface area contributed by atoms with Gasteiger partial charge in [-0.05, 0) is 19.2 Å². The van der Waals surface area contributed by atoms with Gasteiger partial charge in [0.15, 0.2) is 0 Å². The highest BCUT2D eigenvalue weighted by Crippen LogP contribution is 2.26. The molecule has 80 valence electrons. The summed E-state index contributed by atoms with van der Waals surface area (Å²) in [5, 5.41) is 4.04. The highest BCUT2D eigenvalue weighted by atomic mass is 35.5. The third-order valence-electron chi connectivity index (χ3n) is 1.51. The molecule has 0 radical (unpaired) electrons. The smallest absolute Gasteiger partial charge is 0.120 e. The SMILES string of the molecule is CNCCOc1ccc(Cl)c(Cl)c1.Cl. The topological polar surface area (TPSA) is 21.3 Å². The number of rotatable bonds is 4. The van der Waals surface area contributed by atoms with Crippen molar-refractivity contribution in [1.82, 2.24) is 5.32 Å². The first kappa shape index (κ1) is 13.8. The minimum atomic E-state index is 0. The Balaban J connectivity index is 0.00000169. The van der Waals surface area contributed by atoms with Gasteiger partial charge in [0.2, 0.25) is 0 Å². The summed E-state index contributed by atoms with van der Waals surface area (Å²) in [7, 11) is 1.87. The molecule has 1 rings (SSSR count). The molecule has 1 aromatic rings. The third kappa shape index (κ3) is 4.38. The lowest BCUT2D eigenvalue weighted by Crippen LogP contribution is -2.15. The monoisotopic (exact) mass is 255 g/mol. The number of nitrogens with one attached hydrogen (secondary N) is 1. The molecule has 0 unspecified atom stereocenters. The van der Waals surface area contributed by atoms with Crippen molar-refractivity contribution in [3.05, 3.63) is 28.2 Å². The lowest BCUT2D eigenvalue weighted by molar-refractivity contribution is 0.318. The highest BCUT2D eigenvalue weighted by molar-refractivity contribution is 6.42. The van der Waals surface area contributed by atoms with Gasteiger partial charge in [0.1, 0.15) is 12.4 Å². The number of hydrogen-bond donors (Lipinski definition) is 1. The zero-order chi connectivity index (χ0) is 9.68. The molecule has 1 aromatic carbocycles. The summed E-state index contributed by atoms with van der Waals surface area (Å²) in [5.41, 5.74) is 0. The lowest BCUT2D eigenvalue weighted by atomic mass is 10.3. The van der Waals surface area contributed by atoms with Crippen LogP contribution in [-0.2, 0) is 0 Å². The fourth-order valence-electron chi connectivity index (χ4n) is 0.838. The van der Waals surface area contributed by atoms with Gasteiger partial charge in [-0.15, -0.1) is 12.4 Å². The van der Waals surface area contributed by atoms with Gasteiger partial charge in [0, 0.05) is 12.6 Å². The summed E-state index contributed by atoms with van der Waals surface area (Å²) in [4.78, 5) is 0. The van der Waals surface area contributed by atoms with E-state index in [1.165, 1.54) is 0 Å². The second kappa shape index (κ2) is 7.18.